The van der Waals surface area contributed by atoms with Crippen LogP contribution in [0.15, 0.2) is 23.2 Å². The number of thioether (sulfide) groups is 1. The van der Waals surface area contributed by atoms with Crippen molar-refractivity contribution in [3.05, 3.63) is 23.9 Å². The van der Waals surface area contributed by atoms with E-state index in [2.05, 4.69) is 11.9 Å². The average Bonchev–Trinajstić information content (AvgIpc) is 2.19. The van der Waals surface area contributed by atoms with Gasteiger partial charge in [-0.15, -0.1) is 11.8 Å². The lowest BCUT2D eigenvalue weighted by Gasteiger charge is -2.01. The summed E-state index contributed by atoms with van der Waals surface area (Å²) in [7, 11) is 0. The Morgan fingerprint density at radius 1 is 1.46 bits per heavy atom. The molecule has 0 saturated carbocycles. The molecule has 0 aromatic carbocycles. The minimum Gasteiger partial charge on any atom is -0.325 e. The zero-order chi connectivity index (χ0) is 9.52. The quantitative estimate of drug-likeness (QED) is 0.580. The molecule has 2 nitrogen and oxygen atoms in total. The van der Waals surface area contributed by atoms with Gasteiger partial charge in [0.05, 0.1) is 10.7 Å². The Hall–Kier alpha value is -0.540. The van der Waals surface area contributed by atoms with Crippen LogP contribution in [0.4, 0.5) is 0 Å². The number of rotatable bonds is 5. The Morgan fingerprint density at radius 3 is 3.00 bits per heavy atom. The topological polar surface area (TPSA) is 38.9 Å². The fraction of sp³-hybridized carbons (Fsp3) is 0.500. The normalized spacial score (nSPS) is 10.3. The molecule has 72 valence electrons. The van der Waals surface area contributed by atoms with Gasteiger partial charge in [0, 0.05) is 6.54 Å². The average molecular weight is 196 g/mol. The van der Waals surface area contributed by atoms with Gasteiger partial charge in [-0.2, -0.15) is 0 Å². The van der Waals surface area contributed by atoms with Crippen LogP contribution in [-0.2, 0) is 6.54 Å². The predicted octanol–water partition coefficient (Wildman–Crippen LogP) is 2.43. The molecule has 2 N–H and O–H groups in total. The fourth-order valence-corrected chi connectivity index (χ4v) is 1.97. The van der Waals surface area contributed by atoms with Crippen LogP contribution in [0.25, 0.3) is 0 Å². The number of nitrogens with zero attached hydrogens (tertiary/aromatic N) is 1. The van der Waals surface area contributed by atoms with E-state index in [0.29, 0.717) is 6.54 Å². The van der Waals surface area contributed by atoms with Gasteiger partial charge in [-0.1, -0.05) is 19.4 Å². The Kier molecular flexibility index (Phi) is 4.86. The maximum absolute atomic E-state index is 5.50. The van der Waals surface area contributed by atoms with Crippen LogP contribution in [0.5, 0.6) is 0 Å². The molecule has 0 atom stereocenters. The highest BCUT2D eigenvalue weighted by Gasteiger charge is 1.96. The Labute approximate surface area is 83.9 Å². The van der Waals surface area contributed by atoms with Crippen LogP contribution >= 0.6 is 11.8 Å². The van der Waals surface area contributed by atoms with Crippen molar-refractivity contribution >= 4 is 11.8 Å². The summed E-state index contributed by atoms with van der Waals surface area (Å²) in [6, 6.07) is 6.02. The second kappa shape index (κ2) is 6.00. The fourth-order valence-electron chi connectivity index (χ4n) is 0.973. The maximum atomic E-state index is 5.50. The van der Waals surface area contributed by atoms with Crippen molar-refractivity contribution in [2.24, 2.45) is 5.73 Å². The molecule has 0 aliphatic rings. The smallest absolute Gasteiger partial charge is 0.0963 e. The van der Waals surface area contributed by atoms with E-state index in [1.165, 1.54) is 12.8 Å². The number of hydrogen-bond donors (Lipinski definition) is 1. The number of nitrogens with two attached hydrogens (primary N) is 1. The third kappa shape index (κ3) is 3.79. The first-order valence-electron chi connectivity index (χ1n) is 4.65. The van der Waals surface area contributed by atoms with Gasteiger partial charge in [0.25, 0.3) is 0 Å². The van der Waals surface area contributed by atoms with Gasteiger partial charge in [-0.3, -0.25) is 0 Å². The summed E-state index contributed by atoms with van der Waals surface area (Å²) in [6.45, 7) is 2.73. The van der Waals surface area contributed by atoms with Crippen LogP contribution in [0.3, 0.4) is 0 Å². The van der Waals surface area contributed by atoms with Crippen molar-refractivity contribution < 1.29 is 0 Å². The lowest BCUT2D eigenvalue weighted by atomic mass is 10.4. The molecule has 0 fully saturated rings. The van der Waals surface area contributed by atoms with E-state index in [1.807, 2.05) is 30.0 Å². The van der Waals surface area contributed by atoms with E-state index >= 15 is 0 Å². The highest BCUT2D eigenvalue weighted by Crippen LogP contribution is 2.16. The molecule has 0 radical (unpaired) electrons. The third-order valence-electron chi connectivity index (χ3n) is 1.74. The molecule has 0 saturated heterocycles. The largest absolute Gasteiger partial charge is 0.325 e. The molecule has 1 aromatic heterocycles. The molecule has 13 heavy (non-hydrogen) atoms. The second-order valence-corrected chi connectivity index (χ2v) is 3.99. The van der Waals surface area contributed by atoms with Gasteiger partial charge in [0.2, 0.25) is 0 Å². The molecule has 1 rings (SSSR count). The van der Waals surface area contributed by atoms with E-state index in [0.717, 1.165) is 16.5 Å². The molecule has 0 spiro atoms. The molecular weight excluding hydrogens is 180 g/mol. The summed E-state index contributed by atoms with van der Waals surface area (Å²) in [5, 5.41) is 1.09. The number of aromatic nitrogens is 1. The molecule has 1 heterocycles. The van der Waals surface area contributed by atoms with E-state index < -0.39 is 0 Å². The Morgan fingerprint density at radius 2 is 2.31 bits per heavy atom. The minimum absolute atomic E-state index is 0.530. The summed E-state index contributed by atoms with van der Waals surface area (Å²) in [5.41, 5.74) is 6.48. The van der Waals surface area contributed by atoms with E-state index in [4.69, 9.17) is 5.73 Å². The molecule has 0 unspecified atom stereocenters. The van der Waals surface area contributed by atoms with Crippen LogP contribution in [-0.4, -0.2) is 10.7 Å². The summed E-state index contributed by atoms with van der Waals surface area (Å²) in [5.74, 6) is 1.15. The summed E-state index contributed by atoms with van der Waals surface area (Å²) >= 11 is 1.81. The van der Waals surface area contributed by atoms with E-state index in [9.17, 15) is 0 Å². The lowest BCUT2D eigenvalue weighted by Crippen LogP contribution is -1.99. The number of unbranched alkanes of at least 4 members (excludes halogenated alkanes) is 1. The van der Waals surface area contributed by atoms with Crippen LogP contribution < -0.4 is 5.73 Å². The Balaban J connectivity index is 2.46. The lowest BCUT2D eigenvalue weighted by molar-refractivity contribution is 0.891. The van der Waals surface area contributed by atoms with Gasteiger partial charge in [0.15, 0.2) is 0 Å². The highest BCUT2D eigenvalue weighted by molar-refractivity contribution is 7.99. The summed E-state index contributed by atoms with van der Waals surface area (Å²) < 4.78 is 0. The molecular formula is C10H16N2S. The molecule has 0 aliphatic carbocycles. The molecule has 0 bridgehead atoms. The first-order valence-corrected chi connectivity index (χ1v) is 5.64. The van der Waals surface area contributed by atoms with E-state index in [1.54, 1.807) is 0 Å². The van der Waals surface area contributed by atoms with Crippen LogP contribution in [0, 0.1) is 0 Å². The molecule has 1 aromatic rings. The van der Waals surface area contributed by atoms with Gasteiger partial charge in [-0.25, -0.2) is 4.98 Å². The zero-order valence-electron chi connectivity index (χ0n) is 7.99. The first kappa shape index (κ1) is 10.5. The van der Waals surface area contributed by atoms with Crippen molar-refractivity contribution in [1.82, 2.24) is 4.98 Å². The summed E-state index contributed by atoms with van der Waals surface area (Å²) in [4.78, 5) is 4.40. The molecule has 3 heteroatoms. The maximum Gasteiger partial charge on any atom is 0.0963 e. The highest BCUT2D eigenvalue weighted by atomic mass is 32.2. The molecule has 0 aliphatic heterocycles. The minimum atomic E-state index is 0.530. The van der Waals surface area contributed by atoms with Crippen molar-refractivity contribution in [3.8, 4) is 0 Å². The second-order valence-electron chi connectivity index (χ2n) is 2.87. The van der Waals surface area contributed by atoms with E-state index in [-0.39, 0.29) is 0 Å². The van der Waals surface area contributed by atoms with Gasteiger partial charge < -0.3 is 5.73 Å². The van der Waals surface area contributed by atoms with Crippen LogP contribution in [0.2, 0.25) is 0 Å². The van der Waals surface area contributed by atoms with Gasteiger partial charge in [0.1, 0.15) is 0 Å². The van der Waals surface area contributed by atoms with Crippen molar-refractivity contribution in [2.75, 3.05) is 5.75 Å². The third-order valence-corrected chi connectivity index (χ3v) is 2.75. The standard InChI is InChI=1S/C10H16N2S/c1-2-3-7-13-10-6-4-5-9(8-11)12-10/h4-6H,2-3,7-8,11H2,1H3. The molecule has 0 amide bonds. The number of hydrogen-bond acceptors (Lipinski definition) is 3. The van der Waals surface area contributed by atoms with Crippen molar-refractivity contribution in [1.29, 1.82) is 0 Å². The Bertz CT molecular complexity index is 250. The SMILES string of the molecule is CCCCSc1cccc(CN)n1. The summed E-state index contributed by atoms with van der Waals surface area (Å²) in [6.07, 6.45) is 2.49. The predicted molar refractivity (Wildman–Crippen MR) is 57.8 cm³/mol. The zero-order valence-corrected chi connectivity index (χ0v) is 8.81. The number of pyridine rings is 1. The monoisotopic (exact) mass is 196 g/mol. The van der Waals surface area contributed by atoms with Crippen LogP contribution in [0.1, 0.15) is 25.5 Å². The van der Waals surface area contributed by atoms with Gasteiger partial charge >= 0.3 is 0 Å². The van der Waals surface area contributed by atoms with Crippen molar-refractivity contribution in [2.45, 2.75) is 31.3 Å². The first-order chi connectivity index (χ1) is 6.36. The van der Waals surface area contributed by atoms with Gasteiger partial charge in [-0.05, 0) is 24.3 Å². The van der Waals surface area contributed by atoms with Crippen molar-refractivity contribution in [3.63, 3.8) is 0 Å².